The Hall–Kier alpha value is -1.85. The third kappa shape index (κ3) is 1.44. The van der Waals surface area contributed by atoms with Crippen LogP contribution in [0.15, 0.2) is 17.2 Å². The predicted molar refractivity (Wildman–Crippen MR) is 59.9 cm³/mol. The maximum Gasteiger partial charge on any atom is 0.308 e. The standard InChI is InChI=1S/C11H13N3O3/c15-10-9(12-3-4-13-10)14-6-1-2-8(14)7(5-6)11(16)17/h3-4,6-8H,1-2,5H2,(H,13,15)(H,16,17). The van der Waals surface area contributed by atoms with E-state index < -0.39 is 5.97 Å². The molecule has 3 heterocycles. The Morgan fingerprint density at radius 1 is 1.53 bits per heavy atom. The van der Waals surface area contributed by atoms with Gasteiger partial charge in [-0.1, -0.05) is 0 Å². The molecule has 1 aromatic heterocycles. The number of carboxylic acids is 1. The number of fused-ring (bicyclic) bond motifs is 2. The quantitative estimate of drug-likeness (QED) is 0.765. The topological polar surface area (TPSA) is 86.3 Å². The van der Waals surface area contributed by atoms with Crippen molar-refractivity contribution in [2.45, 2.75) is 31.3 Å². The highest BCUT2D eigenvalue weighted by Gasteiger charge is 2.50. The molecular formula is C11H13N3O3. The van der Waals surface area contributed by atoms with Crippen molar-refractivity contribution in [2.75, 3.05) is 4.90 Å². The Morgan fingerprint density at radius 3 is 3.00 bits per heavy atom. The van der Waals surface area contributed by atoms with Gasteiger partial charge < -0.3 is 15.0 Å². The largest absolute Gasteiger partial charge is 0.481 e. The molecule has 2 saturated heterocycles. The zero-order chi connectivity index (χ0) is 12.0. The summed E-state index contributed by atoms with van der Waals surface area (Å²) in [5, 5.41) is 9.14. The van der Waals surface area contributed by atoms with Crippen molar-refractivity contribution in [3.63, 3.8) is 0 Å². The summed E-state index contributed by atoms with van der Waals surface area (Å²) < 4.78 is 0. The maximum atomic E-state index is 11.7. The molecule has 3 unspecified atom stereocenters. The van der Waals surface area contributed by atoms with Crippen molar-refractivity contribution in [2.24, 2.45) is 5.92 Å². The number of aromatic amines is 1. The molecule has 2 bridgehead atoms. The predicted octanol–water partition coefficient (Wildman–Crippen LogP) is 0.212. The van der Waals surface area contributed by atoms with Crippen molar-refractivity contribution in [1.82, 2.24) is 9.97 Å². The molecule has 2 aliphatic rings. The molecule has 90 valence electrons. The molecular weight excluding hydrogens is 222 g/mol. The van der Waals surface area contributed by atoms with Crippen LogP contribution in [-0.4, -0.2) is 33.1 Å². The zero-order valence-corrected chi connectivity index (χ0v) is 9.17. The van der Waals surface area contributed by atoms with E-state index in [0.717, 1.165) is 12.8 Å². The van der Waals surface area contributed by atoms with Crippen LogP contribution in [0.4, 0.5) is 5.82 Å². The van der Waals surface area contributed by atoms with Crippen LogP contribution >= 0.6 is 0 Å². The van der Waals surface area contributed by atoms with Gasteiger partial charge in [-0.2, -0.15) is 0 Å². The van der Waals surface area contributed by atoms with E-state index in [1.165, 1.54) is 12.4 Å². The van der Waals surface area contributed by atoms with Crippen molar-refractivity contribution >= 4 is 11.8 Å². The lowest BCUT2D eigenvalue weighted by molar-refractivity contribution is -0.142. The third-order valence-electron chi connectivity index (χ3n) is 3.79. The van der Waals surface area contributed by atoms with E-state index >= 15 is 0 Å². The lowest BCUT2D eigenvalue weighted by Crippen LogP contribution is -2.36. The minimum atomic E-state index is -0.769. The maximum absolute atomic E-state index is 11.7. The van der Waals surface area contributed by atoms with E-state index in [-0.39, 0.29) is 23.6 Å². The second-order valence-corrected chi connectivity index (χ2v) is 4.63. The molecule has 2 fully saturated rings. The first-order valence-corrected chi connectivity index (χ1v) is 5.73. The van der Waals surface area contributed by atoms with E-state index in [2.05, 4.69) is 9.97 Å². The Morgan fingerprint density at radius 2 is 2.35 bits per heavy atom. The van der Waals surface area contributed by atoms with Gasteiger partial charge in [-0.3, -0.25) is 9.59 Å². The second kappa shape index (κ2) is 3.58. The van der Waals surface area contributed by atoms with E-state index in [1.54, 1.807) is 0 Å². The number of H-pyrrole nitrogens is 1. The average Bonchev–Trinajstić information content (AvgIpc) is 2.87. The fraction of sp³-hybridized carbons (Fsp3) is 0.545. The van der Waals surface area contributed by atoms with Crippen LogP contribution < -0.4 is 10.5 Å². The molecule has 0 spiro atoms. The summed E-state index contributed by atoms with van der Waals surface area (Å²) in [6, 6.07) is 0.0746. The normalized spacial score (nSPS) is 30.8. The summed E-state index contributed by atoms with van der Waals surface area (Å²) in [6.45, 7) is 0. The second-order valence-electron chi connectivity index (χ2n) is 4.63. The Balaban J connectivity index is 1.99. The van der Waals surface area contributed by atoms with Gasteiger partial charge in [-0.05, 0) is 19.3 Å². The summed E-state index contributed by atoms with van der Waals surface area (Å²) in [6.07, 6.45) is 5.42. The van der Waals surface area contributed by atoms with Crippen LogP contribution in [0.25, 0.3) is 0 Å². The first kappa shape index (κ1) is 10.3. The Bertz CT molecular complexity index is 513. The summed E-state index contributed by atoms with van der Waals surface area (Å²) in [5.41, 5.74) is -0.240. The summed E-state index contributed by atoms with van der Waals surface area (Å²) in [7, 11) is 0. The third-order valence-corrected chi connectivity index (χ3v) is 3.79. The van der Waals surface area contributed by atoms with Crippen LogP contribution in [0.2, 0.25) is 0 Å². The fourth-order valence-corrected chi connectivity index (χ4v) is 3.11. The molecule has 0 aromatic carbocycles. The SMILES string of the molecule is O=C(O)C1CC2CCC1N2c1ncc[nH]c1=O. The van der Waals surface area contributed by atoms with Crippen LogP contribution in [0.1, 0.15) is 19.3 Å². The molecule has 0 aliphatic carbocycles. The number of nitrogens with zero attached hydrogens (tertiary/aromatic N) is 2. The minimum absolute atomic E-state index is 0.0755. The first-order chi connectivity index (χ1) is 8.18. The number of carboxylic acid groups (broad SMARTS) is 1. The van der Waals surface area contributed by atoms with Gasteiger partial charge >= 0.3 is 5.97 Å². The number of aromatic nitrogens is 2. The smallest absolute Gasteiger partial charge is 0.308 e. The molecule has 17 heavy (non-hydrogen) atoms. The lowest BCUT2D eigenvalue weighted by Gasteiger charge is -2.22. The van der Waals surface area contributed by atoms with Gasteiger partial charge in [0.15, 0.2) is 5.82 Å². The zero-order valence-electron chi connectivity index (χ0n) is 9.17. The van der Waals surface area contributed by atoms with Gasteiger partial charge in [0.05, 0.1) is 5.92 Å². The average molecular weight is 235 g/mol. The van der Waals surface area contributed by atoms with Gasteiger partial charge in [0.25, 0.3) is 5.56 Å². The van der Waals surface area contributed by atoms with Crippen molar-refractivity contribution in [1.29, 1.82) is 0 Å². The monoisotopic (exact) mass is 235 g/mol. The highest BCUT2D eigenvalue weighted by Crippen LogP contribution is 2.42. The number of nitrogens with one attached hydrogen (secondary N) is 1. The van der Waals surface area contributed by atoms with E-state index in [1.807, 2.05) is 4.90 Å². The molecule has 6 heteroatoms. The Kier molecular flexibility index (Phi) is 2.17. The highest BCUT2D eigenvalue weighted by atomic mass is 16.4. The summed E-state index contributed by atoms with van der Waals surface area (Å²) >= 11 is 0. The van der Waals surface area contributed by atoms with E-state index in [0.29, 0.717) is 12.2 Å². The van der Waals surface area contributed by atoms with Gasteiger partial charge in [-0.25, -0.2) is 4.98 Å². The molecule has 6 nitrogen and oxygen atoms in total. The van der Waals surface area contributed by atoms with Crippen LogP contribution in [0.5, 0.6) is 0 Å². The molecule has 0 amide bonds. The minimum Gasteiger partial charge on any atom is -0.481 e. The summed E-state index contributed by atoms with van der Waals surface area (Å²) in [5.74, 6) is -0.770. The number of aliphatic carboxylic acids is 1. The van der Waals surface area contributed by atoms with Gasteiger partial charge in [0.2, 0.25) is 0 Å². The molecule has 1 aromatic rings. The number of carbonyl (C=O) groups is 1. The lowest BCUT2D eigenvalue weighted by atomic mass is 9.89. The van der Waals surface area contributed by atoms with Crippen LogP contribution in [0, 0.1) is 5.92 Å². The molecule has 0 saturated carbocycles. The molecule has 0 radical (unpaired) electrons. The fourth-order valence-electron chi connectivity index (χ4n) is 3.11. The number of anilines is 1. The van der Waals surface area contributed by atoms with Gasteiger partial charge in [0.1, 0.15) is 0 Å². The van der Waals surface area contributed by atoms with Crippen LogP contribution in [0.3, 0.4) is 0 Å². The number of rotatable bonds is 2. The molecule has 2 aliphatic heterocycles. The molecule has 2 N–H and O–H groups in total. The molecule has 3 rings (SSSR count). The van der Waals surface area contributed by atoms with Gasteiger partial charge in [-0.15, -0.1) is 0 Å². The van der Waals surface area contributed by atoms with Crippen molar-refractivity contribution in [3.8, 4) is 0 Å². The Labute approximate surface area is 97.3 Å². The van der Waals surface area contributed by atoms with E-state index in [9.17, 15) is 9.59 Å². The van der Waals surface area contributed by atoms with Gasteiger partial charge in [0, 0.05) is 24.5 Å². The van der Waals surface area contributed by atoms with Crippen molar-refractivity contribution < 1.29 is 9.90 Å². The number of hydrogen-bond acceptors (Lipinski definition) is 4. The molecule has 3 atom stereocenters. The highest BCUT2D eigenvalue weighted by molar-refractivity contribution is 5.73. The first-order valence-electron chi connectivity index (χ1n) is 5.73. The van der Waals surface area contributed by atoms with Crippen molar-refractivity contribution in [3.05, 3.63) is 22.7 Å². The van der Waals surface area contributed by atoms with Crippen LogP contribution in [-0.2, 0) is 4.79 Å². The summed E-state index contributed by atoms with van der Waals surface area (Å²) in [4.78, 5) is 31.4. The number of hydrogen-bond donors (Lipinski definition) is 2. The van der Waals surface area contributed by atoms with E-state index in [4.69, 9.17) is 5.11 Å².